The van der Waals surface area contributed by atoms with Crippen molar-refractivity contribution in [2.75, 3.05) is 6.54 Å². The number of ether oxygens (including phenoxy) is 1. The van der Waals surface area contributed by atoms with E-state index >= 15 is 0 Å². The van der Waals surface area contributed by atoms with Crippen LogP contribution in [0.1, 0.15) is 19.4 Å². The number of hydrogen-bond acceptors (Lipinski definition) is 3. The van der Waals surface area contributed by atoms with Crippen molar-refractivity contribution in [1.29, 1.82) is 0 Å². The summed E-state index contributed by atoms with van der Waals surface area (Å²) < 4.78 is 5.21. The van der Waals surface area contributed by atoms with Crippen LogP contribution in [-0.4, -0.2) is 12.5 Å². The van der Waals surface area contributed by atoms with Gasteiger partial charge in [-0.1, -0.05) is 30.3 Å². The summed E-state index contributed by atoms with van der Waals surface area (Å²) in [6.07, 6.45) is 0. The summed E-state index contributed by atoms with van der Waals surface area (Å²) in [5, 5.41) is 0. The molecule has 0 aromatic heterocycles. The van der Waals surface area contributed by atoms with Gasteiger partial charge in [0.25, 0.3) is 0 Å². The number of carbonyl (C=O) groups excluding carboxylic acids is 1. The summed E-state index contributed by atoms with van der Waals surface area (Å²) in [5.41, 5.74) is 5.81. The quantitative estimate of drug-likeness (QED) is 0.739. The highest BCUT2D eigenvalue weighted by Gasteiger charge is 2.27. The number of esters is 1. The third-order valence-corrected chi connectivity index (χ3v) is 2.14. The van der Waals surface area contributed by atoms with Crippen LogP contribution in [0.4, 0.5) is 0 Å². The summed E-state index contributed by atoms with van der Waals surface area (Å²) in [6.45, 7) is 3.47. The zero-order chi connectivity index (χ0) is 10.6. The molecule has 1 aromatic rings. The van der Waals surface area contributed by atoms with Gasteiger partial charge >= 0.3 is 5.97 Å². The zero-order valence-electron chi connectivity index (χ0n) is 8.49. The molecule has 0 radical (unpaired) electrons. The number of nitrogens with two attached hydrogens (primary N) is 1. The fraction of sp³-hybridized carbons (Fsp3) is 0.364. The van der Waals surface area contributed by atoms with E-state index in [4.69, 9.17) is 10.5 Å². The predicted octanol–water partition coefficient (Wildman–Crippen LogP) is 1.42. The second kappa shape index (κ2) is 4.24. The zero-order valence-corrected chi connectivity index (χ0v) is 8.49. The van der Waals surface area contributed by atoms with E-state index in [1.165, 1.54) is 6.92 Å². The average molecular weight is 193 g/mol. The Labute approximate surface area is 83.9 Å². The van der Waals surface area contributed by atoms with Crippen LogP contribution in [0.2, 0.25) is 0 Å². The van der Waals surface area contributed by atoms with Crippen LogP contribution >= 0.6 is 0 Å². The third-order valence-electron chi connectivity index (χ3n) is 2.14. The number of hydrogen-bond donors (Lipinski definition) is 1. The van der Waals surface area contributed by atoms with E-state index in [0.717, 1.165) is 5.56 Å². The summed E-state index contributed by atoms with van der Waals surface area (Å²) in [7, 11) is 0. The molecule has 0 unspecified atom stereocenters. The highest BCUT2D eigenvalue weighted by molar-refractivity contribution is 5.66. The first-order valence-corrected chi connectivity index (χ1v) is 4.53. The Bertz CT molecular complexity index is 310. The van der Waals surface area contributed by atoms with E-state index in [0.29, 0.717) is 0 Å². The molecule has 0 aliphatic heterocycles. The van der Waals surface area contributed by atoms with E-state index < -0.39 is 5.60 Å². The van der Waals surface area contributed by atoms with Gasteiger partial charge in [-0.2, -0.15) is 0 Å². The van der Waals surface area contributed by atoms with Crippen LogP contribution in [-0.2, 0) is 15.1 Å². The van der Waals surface area contributed by atoms with E-state index in [1.807, 2.05) is 37.3 Å². The molecule has 0 spiro atoms. The van der Waals surface area contributed by atoms with Gasteiger partial charge in [-0.15, -0.1) is 0 Å². The second-order valence-electron chi connectivity index (χ2n) is 3.39. The molecular formula is C11H15NO2. The number of carbonyl (C=O) groups is 1. The van der Waals surface area contributed by atoms with Gasteiger partial charge in [-0.3, -0.25) is 4.79 Å². The van der Waals surface area contributed by atoms with Gasteiger partial charge in [-0.25, -0.2) is 0 Å². The van der Waals surface area contributed by atoms with Crippen LogP contribution in [0.25, 0.3) is 0 Å². The van der Waals surface area contributed by atoms with Gasteiger partial charge in [0.2, 0.25) is 0 Å². The summed E-state index contributed by atoms with van der Waals surface area (Å²) in [5.74, 6) is -0.318. The Morgan fingerprint density at radius 2 is 2.00 bits per heavy atom. The Morgan fingerprint density at radius 3 is 2.43 bits per heavy atom. The molecule has 0 saturated carbocycles. The van der Waals surface area contributed by atoms with Crippen molar-refractivity contribution >= 4 is 5.97 Å². The smallest absolute Gasteiger partial charge is 0.303 e. The van der Waals surface area contributed by atoms with Crippen molar-refractivity contribution in [3.05, 3.63) is 35.9 Å². The molecule has 0 aliphatic rings. The Balaban J connectivity index is 2.95. The monoisotopic (exact) mass is 193 g/mol. The Morgan fingerprint density at radius 1 is 1.43 bits per heavy atom. The van der Waals surface area contributed by atoms with Gasteiger partial charge in [0.05, 0.1) is 0 Å². The van der Waals surface area contributed by atoms with Crippen molar-refractivity contribution < 1.29 is 9.53 Å². The van der Waals surface area contributed by atoms with Crippen molar-refractivity contribution in [2.24, 2.45) is 5.73 Å². The van der Waals surface area contributed by atoms with Crippen molar-refractivity contribution in [3.8, 4) is 0 Å². The first-order chi connectivity index (χ1) is 6.58. The predicted molar refractivity (Wildman–Crippen MR) is 54.6 cm³/mol. The average Bonchev–Trinajstić information content (AvgIpc) is 2.18. The van der Waals surface area contributed by atoms with Crippen molar-refractivity contribution in [1.82, 2.24) is 0 Å². The lowest BCUT2D eigenvalue weighted by molar-refractivity contribution is -0.155. The molecule has 2 N–H and O–H groups in total. The molecular weight excluding hydrogens is 178 g/mol. The minimum Gasteiger partial charge on any atom is -0.453 e. The fourth-order valence-electron chi connectivity index (χ4n) is 1.33. The molecule has 1 atom stereocenters. The van der Waals surface area contributed by atoms with Crippen LogP contribution in [0.3, 0.4) is 0 Å². The molecule has 76 valence electrons. The van der Waals surface area contributed by atoms with Crippen LogP contribution in [0, 0.1) is 0 Å². The highest BCUT2D eigenvalue weighted by Crippen LogP contribution is 2.23. The summed E-state index contributed by atoms with van der Waals surface area (Å²) in [6, 6.07) is 9.50. The minimum absolute atomic E-state index is 0.274. The second-order valence-corrected chi connectivity index (χ2v) is 3.39. The fourth-order valence-corrected chi connectivity index (χ4v) is 1.33. The van der Waals surface area contributed by atoms with Gasteiger partial charge in [0, 0.05) is 13.5 Å². The first-order valence-electron chi connectivity index (χ1n) is 4.53. The standard InChI is InChI=1S/C11H15NO2/c1-9(13)14-11(2,8-12)10-6-4-3-5-7-10/h3-7H,8,12H2,1-2H3/t11-/m1/s1. The van der Waals surface area contributed by atoms with Crippen LogP contribution < -0.4 is 5.73 Å². The molecule has 0 saturated heterocycles. The first kappa shape index (κ1) is 10.7. The molecule has 14 heavy (non-hydrogen) atoms. The van der Waals surface area contributed by atoms with E-state index in [-0.39, 0.29) is 12.5 Å². The van der Waals surface area contributed by atoms with Gasteiger partial charge in [0.15, 0.2) is 0 Å². The van der Waals surface area contributed by atoms with Gasteiger partial charge in [0.1, 0.15) is 5.60 Å². The highest BCUT2D eigenvalue weighted by atomic mass is 16.6. The molecule has 0 fully saturated rings. The summed E-state index contributed by atoms with van der Waals surface area (Å²) in [4.78, 5) is 10.9. The summed E-state index contributed by atoms with van der Waals surface area (Å²) >= 11 is 0. The lowest BCUT2D eigenvalue weighted by Crippen LogP contribution is -2.36. The lowest BCUT2D eigenvalue weighted by Gasteiger charge is -2.27. The molecule has 3 nitrogen and oxygen atoms in total. The lowest BCUT2D eigenvalue weighted by atomic mass is 9.96. The molecule has 1 rings (SSSR count). The molecule has 0 amide bonds. The maximum Gasteiger partial charge on any atom is 0.303 e. The van der Waals surface area contributed by atoms with E-state index in [2.05, 4.69) is 0 Å². The van der Waals surface area contributed by atoms with E-state index in [9.17, 15) is 4.79 Å². The topological polar surface area (TPSA) is 52.3 Å². The largest absolute Gasteiger partial charge is 0.453 e. The number of benzene rings is 1. The van der Waals surface area contributed by atoms with Crippen molar-refractivity contribution in [3.63, 3.8) is 0 Å². The molecule has 3 heteroatoms. The molecule has 0 heterocycles. The van der Waals surface area contributed by atoms with Gasteiger partial charge < -0.3 is 10.5 Å². The maximum absolute atomic E-state index is 10.9. The van der Waals surface area contributed by atoms with Crippen LogP contribution in [0.15, 0.2) is 30.3 Å². The molecule has 0 bridgehead atoms. The minimum atomic E-state index is -0.715. The van der Waals surface area contributed by atoms with Crippen molar-refractivity contribution in [2.45, 2.75) is 19.4 Å². The maximum atomic E-state index is 10.9. The van der Waals surface area contributed by atoms with Crippen LogP contribution in [0.5, 0.6) is 0 Å². The SMILES string of the molecule is CC(=O)O[C@](C)(CN)c1ccccc1. The van der Waals surface area contributed by atoms with E-state index in [1.54, 1.807) is 0 Å². The number of rotatable bonds is 3. The molecule has 1 aromatic carbocycles. The molecule has 0 aliphatic carbocycles. The van der Waals surface area contributed by atoms with Gasteiger partial charge in [-0.05, 0) is 12.5 Å². The third kappa shape index (κ3) is 2.33. The normalized spacial score (nSPS) is 14.5. The Kier molecular flexibility index (Phi) is 3.25. The Hall–Kier alpha value is -1.35.